The number of hydrogen-bond acceptors (Lipinski definition) is 6. The van der Waals surface area contributed by atoms with E-state index in [1.807, 2.05) is 29.0 Å². The number of nitrogens with one attached hydrogen (secondary N) is 1. The topological polar surface area (TPSA) is 75.3 Å². The van der Waals surface area contributed by atoms with Crippen molar-refractivity contribution in [2.24, 2.45) is 5.92 Å². The summed E-state index contributed by atoms with van der Waals surface area (Å²) in [5, 5.41) is 30.4. The molecule has 2 atom stereocenters. The average Bonchev–Trinajstić information content (AvgIpc) is 3.21. The number of anilines is 1. The lowest BCUT2D eigenvalue weighted by Gasteiger charge is -2.24. The molecule has 0 amide bonds. The standard InChI is InChI=1S/C17H21N5OS/c23-10-12-4-2-1-3-5-14(12)18-15-6-7-16-19-20-17(22(16)21-15)13-8-9-24-11-13/h6-9,11-12,14,23H,1-5,10H2,(H,18,21). The van der Waals surface area contributed by atoms with Crippen LogP contribution < -0.4 is 5.32 Å². The van der Waals surface area contributed by atoms with Gasteiger partial charge in [-0.15, -0.1) is 15.3 Å². The highest BCUT2D eigenvalue weighted by Gasteiger charge is 2.23. The van der Waals surface area contributed by atoms with E-state index in [1.54, 1.807) is 15.9 Å². The molecule has 0 aliphatic heterocycles. The summed E-state index contributed by atoms with van der Waals surface area (Å²) < 4.78 is 1.79. The van der Waals surface area contributed by atoms with Crippen LogP contribution in [-0.2, 0) is 0 Å². The van der Waals surface area contributed by atoms with Crippen LogP contribution in [0, 0.1) is 5.92 Å². The van der Waals surface area contributed by atoms with Crippen molar-refractivity contribution in [3.8, 4) is 11.4 Å². The largest absolute Gasteiger partial charge is 0.396 e. The van der Waals surface area contributed by atoms with Crippen molar-refractivity contribution < 1.29 is 5.11 Å². The molecule has 24 heavy (non-hydrogen) atoms. The van der Waals surface area contributed by atoms with Crippen LogP contribution >= 0.6 is 11.3 Å². The minimum Gasteiger partial charge on any atom is -0.396 e. The van der Waals surface area contributed by atoms with Crippen molar-refractivity contribution in [3.63, 3.8) is 0 Å². The van der Waals surface area contributed by atoms with Crippen molar-refractivity contribution in [1.82, 2.24) is 19.8 Å². The van der Waals surface area contributed by atoms with Crippen molar-refractivity contribution in [1.29, 1.82) is 0 Å². The predicted molar refractivity (Wildman–Crippen MR) is 95.2 cm³/mol. The predicted octanol–water partition coefficient (Wildman–Crippen LogP) is 3.21. The Kier molecular flexibility index (Phi) is 4.44. The lowest BCUT2D eigenvalue weighted by molar-refractivity contribution is 0.203. The molecule has 2 unspecified atom stereocenters. The van der Waals surface area contributed by atoms with Crippen LogP contribution in [0.2, 0.25) is 0 Å². The molecular formula is C17H21N5OS. The van der Waals surface area contributed by atoms with Gasteiger partial charge in [0.2, 0.25) is 0 Å². The number of fused-ring (bicyclic) bond motifs is 1. The van der Waals surface area contributed by atoms with Crippen molar-refractivity contribution in [2.45, 2.75) is 38.1 Å². The van der Waals surface area contributed by atoms with Crippen molar-refractivity contribution >= 4 is 22.8 Å². The van der Waals surface area contributed by atoms with Gasteiger partial charge in [0.15, 0.2) is 11.5 Å². The van der Waals surface area contributed by atoms with E-state index in [9.17, 15) is 5.11 Å². The number of thiophene rings is 1. The maximum atomic E-state index is 9.69. The second kappa shape index (κ2) is 6.86. The van der Waals surface area contributed by atoms with Gasteiger partial charge in [0.05, 0.1) is 0 Å². The Morgan fingerprint density at radius 1 is 1.17 bits per heavy atom. The molecular weight excluding hydrogens is 322 g/mol. The van der Waals surface area contributed by atoms with E-state index in [2.05, 4.69) is 20.6 Å². The summed E-state index contributed by atoms with van der Waals surface area (Å²) in [4.78, 5) is 0. The Hall–Kier alpha value is -1.99. The van der Waals surface area contributed by atoms with Gasteiger partial charge in [0.25, 0.3) is 0 Å². The number of aliphatic hydroxyl groups is 1. The van der Waals surface area contributed by atoms with Gasteiger partial charge < -0.3 is 10.4 Å². The number of nitrogens with zero attached hydrogens (tertiary/aromatic N) is 4. The number of aromatic nitrogens is 4. The van der Waals surface area contributed by atoms with E-state index in [-0.39, 0.29) is 12.6 Å². The van der Waals surface area contributed by atoms with E-state index < -0.39 is 0 Å². The van der Waals surface area contributed by atoms with Crippen molar-refractivity contribution in [3.05, 3.63) is 29.0 Å². The summed E-state index contributed by atoms with van der Waals surface area (Å²) in [5.41, 5.74) is 1.76. The fourth-order valence-corrected chi connectivity index (χ4v) is 4.05. The highest BCUT2D eigenvalue weighted by atomic mass is 32.1. The molecule has 2 N–H and O–H groups in total. The molecule has 1 fully saturated rings. The zero-order valence-electron chi connectivity index (χ0n) is 13.4. The molecule has 0 aromatic carbocycles. The minimum absolute atomic E-state index is 0.229. The third-order valence-corrected chi connectivity index (χ3v) is 5.45. The Morgan fingerprint density at radius 2 is 2.08 bits per heavy atom. The van der Waals surface area contributed by atoms with Gasteiger partial charge in [-0.05, 0) is 36.4 Å². The smallest absolute Gasteiger partial charge is 0.186 e. The second-order valence-corrected chi connectivity index (χ2v) is 7.14. The summed E-state index contributed by atoms with van der Waals surface area (Å²) >= 11 is 1.63. The molecule has 1 saturated carbocycles. The summed E-state index contributed by atoms with van der Waals surface area (Å²) in [6.45, 7) is 0.229. The molecule has 6 nitrogen and oxygen atoms in total. The molecule has 3 heterocycles. The first-order chi connectivity index (χ1) is 11.8. The maximum absolute atomic E-state index is 9.69. The van der Waals surface area contributed by atoms with Gasteiger partial charge in [-0.3, -0.25) is 0 Å². The first-order valence-electron chi connectivity index (χ1n) is 8.47. The number of aliphatic hydroxyl groups excluding tert-OH is 1. The van der Waals surface area contributed by atoms with Crippen LogP contribution in [0.3, 0.4) is 0 Å². The molecule has 4 rings (SSSR count). The summed E-state index contributed by atoms with van der Waals surface area (Å²) in [5.74, 6) is 1.86. The van der Waals surface area contributed by atoms with Crippen LogP contribution in [0.25, 0.3) is 17.0 Å². The monoisotopic (exact) mass is 343 g/mol. The van der Waals surface area contributed by atoms with Gasteiger partial charge in [0.1, 0.15) is 5.82 Å². The van der Waals surface area contributed by atoms with Crippen LogP contribution in [-0.4, -0.2) is 37.6 Å². The van der Waals surface area contributed by atoms with Crippen molar-refractivity contribution in [2.75, 3.05) is 11.9 Å². The van der Waals surface area contributed by atoms with Crippen LogP contribution in [0.4, 0.5) is 5.82 Å². The van der Waals surface area contributed by atoms with E-state index in [4.69, 9.17) is 0 Å². The summed E-state index contributed by atoms with van der Waals surface area (Å²) in [7, 11) is 0. The molecule has 3 aromatic heterocycles. The van der Waals surface area contributed by atoms with Gasteiger partial charge in [0, 0.05) is 29.5 Å². The molecule has 1 aliphatic rings. The van der Waals surface area contributed by atoms with E-state index in [0.29, 0.717) is 5.92 Å². The molecule has 126 valence electrons. The molecule has 0 radical (unpaired) electrons. The third kappa shape index (κ3) is 3.01. The molecule has 7 heteroatoms. The van der Waals surface area contributed by atoms with Gasteiger partial charge in [-0.1, -0.05) is 19.3 Å². The Morgan fingerprint density at radius 3 is 2.92 bits per heavy atom. The maximum Gasteiger partial charge on any atom is 0.186 e. The van der Waals surface area contributed by atoms with E-state index >= 15 is 0 Å². The highest BCUT2D eigenvalue weighted by molar-refractivity contribution is 7.08. The van der Waals surface area contributed by atoms with Crippen LogP contribution in [0.15, 0.2) is 29.0 Å². The van der Waals surface area contributed by atoms with E-state index in [0.717, 1.165) is 35.7 Å². The van der Waals surface area contributed by atoms with Gasteiger partial charge >= 0.3 is 0 Å². The van der Waals surface area contributed by atoms with Gasteiger partial charge in [-0.2, -0.15) is 15.9 Å². The first-order valence-corrected chi connectivity index (χ1v) is 9.42. The zero-order valence-corrected chi connectivity index (χ0v) is 14.2. The normalized spacial score (nSPS) is 21.7. The number of hydrogen-bond donors (Lipinski definition) is 2. The lowest BCUT2D eigenvalue weighted by atomic mass is 9.96. The summed E-state index contributed by atoms with van der Waals surface area (Å²) in [6, 6.07) is 6.17. The third-order valence-electron chi connectivity index (χ3n) is 4.77. The zero-order chi connectivity index (χ0) is 16.4. The molecule has 3 aromatic rings. The lowest BCUT2D eigenvalue weighted by Crippen LogP contribution is -2.31. The quantitative estimate of drug-likeness (QED) is 0.712. The molecule has 1 aliphatic carbocycles. The Bertz CT molecular complexity index is 801. The second-order valence-electron chi connectivity index (χ2n) is 6.36. The SMILES string of the molecule is OCC1CCCCCC1Nc1ccc2nnc(-c3ccsc3)n2n1. The molecule has 0 spiro atoms. The Labute approximate surface area is 144 Å². The average molecular weight is 343 g/mol. The molecule has 0 bridgehead atoms. The number of rotatable bonds is 4. The molecule has 0 saturated heterocycles. The summed E-state index contributed by atoms with van der Waals surface area (Å²) in [6.07, 6.45) is 5.79. The van der Waals surface area contributed by atoms with Crippen LogP contribution in [0.5, 0.6) is 0 Å². The Balaban J connectivity index is 1.63. The minimum atomic E-state index is 0.229. The fraction of sp³-hybridized carbons (Fsp3) is 0.471. The van der Waals surface area contributed by atoms with Crippen LogP contribution in [0.1, 0.15) is 32.1 Å². The van der Waals surface area contributed by atoms with Gasteiger partial charge in [-0.25, -0.2) is 0 Å². The first kappa shape index (κ1) is 15.5. The van der Waals surface area contributed by atoms with E-state index in [1.165, 1.54) is 19.3 Å². The fourth-order valence-electron chi connectivity index (χ4n) is 3.42. The highest BCUT2D eigenvalue weighted by Crippen LogP contribution is 2.26.